The molecule has 0 saturated carbocycles. The van der Waals surface area contributed by atoms with Crippen molar-refractivity contribution < 1.29 is 28.8 Å². The van der Waals surface area contributed by atoms with Gasteiger partial charge in [0.05, 0.1) is 12.7 Å². The van der Waals surface area contributed by atoms with Gasteiger partial charge in [0.15, 0.2) is 6.61 Å². The number of aliphatic hydroxyl groups excluding tert-OH is 2. The highest BCUT2D eigenvalue weighted by Gasteiger charge is 2.32. The molecule has 7 heteroatoms. The zero-order valence-corrected chi connectivity index (χ0v) is 17.5. The van der Waals surface area contributed by atoms with Gasteiger partial charge in [-0.2, -0.15) is 8.78 Å². The van der Waals surface area contributed by atoms with Gasteiger partial charge >= 0.3 is 5.92 Å². The van der Waals surface area contributed by atoms with E-state index in [0.717, 1.165) is 5.56 Å². The minimum absolute atomic E-state index is 0.00683. The van der Waals surface area contributed by atoms with Crippen molar-refractivity contribution in [3.63, 3.8) is 0 Å². The van der Waals surface area contributed by atoms with E-state index in [0.29, 0.717) is 36.4 Å². The zero-order valence-electron chi connectivity index (χ0n) is 17.5. The summed E-state index contributed by atoms with van der Waals surface area (Å²) in [6.07, 6.45) is -0.0899. The minimum Gasteiger partial charge on any atom is -0.508 e. The van der Waals surface area contributed by atoms with Crippen molar-refractivity contribution in [2.75, 3.05) is 19.7 Å². The van der Waals surface area contributed by atoms with Crippen molar-refractivity contribution in [3.8, 4) is 11.5 Å². The molecule has 5 nitrogen and oxygen atoms in total. The maximum atomic E-state index is 14.2. The molecule has 0 aliphatic carbocycles. The monoisotopic (exact) mass is 443 g/mol. The van der Waals surface area contributed by atoms with E-state index in [1.54, 1.807) is 42.5 Å². The van der Waals surface area contributed by atoms with Crippen molar-refractivity contribution in [3.05, 3.63) is 95.1 Å². The second-order valence-electron chi connectivity index (χ2n) is 7.52. The smallest absolute Gasteiger partial charge is 0.306 e. The molecule has 0 spiro atoms. The molecule has 0 aliphatic heterocycles. The molecular weight excluding hydrogens is 416 g/mol. The van der Waals surface area contributed by atoms with E-state index in [-0.39, 0.29) is 17.9 Å². The highest BCUT2D eigenvalue weighted by molar-refractivity contribution is 5.36. The van der Waals surface area contributed by atoms with Gasteiger partial charge in [-0.25, -0.2) is 0 Å². The molecule has 3 aromatic carbocycles. The largest absolute Gasteiger partial charge is 0.508 e. The first-order valence-corrected chi connectivity index (χ1v) is 10.4. The summed E-state index contributed by atoms with van der Waals surface area (Å²) in [5.74, 6) is -2.70. The van der Waals surface area contributed by atoms with E-state index < -0.39 is 18.6 Å². The lowest BCUT2D eigenvalue weighted by atomic mass is 10.1. The molecule has 0 aliphatic rings. The number of phenols is 1. The Balaban J connectivity index is 1.42. The predicted molar refractivity (Wildman–Crippen MR) is 118 cm³/mol. The third-order valence-electron chi connectivity index (χ3n) is 5.13. The van der Waals surface area contributed by atoms with Crippen LogP contribution in [0, 0.1) is 0 Å². The van der Waals surface area contributed by atoms with Crippen molar-refractivity contribution in [1.29, 1.82) is 0 Å². The van der Waals surface area contributed by atoms with Crippen LogP contribution in [-0.4, -0.2) is 35.0 Å². The molecule has 0 fully saturated rings. The normalized spacial score (nSPS) is 12.5. The molecule has 4 N–H and O–H groups in total. The van der Waals surface area contributed by atoms with Gasteiger partial charge < -0.3 is 25.4 Å². The van der Waals surface area contributed by atoms with E-state index in [9.17, 15) is 24.1 Å². The maximum Gasteiger partial charge on any atom is 0.306 e. The summed E-state index contributed by atoms with van der Waals surface area (Å²) in [6.45, 7) is -0.117. The van der Waals surface area contributed by atoms with Crippen LogP contribution in [0.3, 0.4) is 0 Å². The van der Waals surface area contributed by atoms with Gasteiger partial charge in [-0.05, 0) is 48.4 Å². The van der Waals surface area contributed by atoms with Gasteiger partial charge in [-0.1, -0.05) is 48.5 Å². The fourth-order valence-corrected chi connectivity index (χ4v) is 3.22. The number of halogens is 2. The number of aliphatic hydroxyl groups is 2. The summed E-state index contributed by atoms with van der Waals surface area (Å²) in [4.78, 5) is 0. The van der Waals surface area contributed by atoms with E-state index in [4.69, 9.17) is 4.74 Å². The average molecular weight is 443 g/mol. The van der Waals surface area contributed by atoms with Crippen molar-refractivity contribution in [1.82, 2.24) is 5.32 Å². The van der Waals surface area contributed by atoms with E-state index in [1.807, 2.05) is 12.1 Å². The van der Waals surface area contributed by atoms with Crippen molar-refractivity contribution in [2.24, 2.45) is 0 Å². The molecule has 0 radical (unpaired) electrons. The van der Waals surface area contributed by atoms with Gasteiger partial charge in [-0.3, -0.25) is 0 Å². The molecule has 1 atom stereocenters. The lowest BCUT2D eigenvalue weighted by Gasteiger charge is -2.17. The summed E-state index contributed by atoms with van der Waals surface area (Å²) >= 11 is 0. The number of hydrogen-bond donors (Lipinski definition) is 4. The Kier molecular flexibility index (Phi) is 8.16. The Labute approximate surface area is 185 Å². The Morgan fingerprint density at radius 2 is 1.69 bits per heavy atom. The van der Waals surface area contributed by atoms with Crippen LogP contribution in [0.15, 0.2) is 72.8 Å². The van der Waals surface area contributed by atoms with Crippen LogP contribution < -0.4 is 10.1 Å². The van der Waals surface area contributed by atoms with Gasteiger partial charge in [0.2, 0.25) is 0 Å². The first kappa shape index (κ1) is 23.7. The van der Waals surface area contributed by atoms with Crippen LogP contribution in [0.1, 0.15) is 28.4 Å². The number of benzene rings is 3. The lowest BCUT2D eigenvalue weighted by Crippen LogP contribution is -2.24. The molecule has 3 rings (SSSR count). The molecular formula is C25H27F2NO4. The summed E-state index contributed by atoms with van der Waals surface area (Å²) in [5.41, 5.74) is 1.89. The van der Waals surface area contributed by atoms with Crippen molar-refractivity contribution >= 4 is 0 Å². The highest BCUT2D eigenvalue weighted by atomic mass is 19.3. The van der Waals surface area contributed by atoms with Crippen LogP contribution in [-0.2, 0) is 19.0 Å². The summed E-state index contributed by atoms with van der Waals surface area (Å²) in [5, 5.41) is 32.2. The third kappa shape index (κ3) is 6.50. The van der Waals surface area contributed by atoms with Crippen LogP contribution in [0.4, 0.5) is 8.78 Å². The molecule has 0 bridgehead atoms. The van der Waals surface area contributed by atoms with Crippen molar-refractivity contribution in [2.45, 2.75) is 25.1 Å². The quantitative estimate of drug-likeness (QED) is 0.338. The van der Waals surface area contributed by atoms with Gasteiger partial charge in [0.25, 0.3) is 0 Å². The molecule has 32 heavy (non-hydrogen) atoms. The molecule has 0 aromatic heterocycles. The zero-order chi connectivity index (χ0) is 23.0. The molecule has 0 heterocycles. The Morgan fingerprint density at radius 3 is 2.38 bits per heavy atom. The Hall–Kier alpha value is -3.00. The van der Waals surface area contributed by atoms with E-state index >= 15 is 0 Å². The number of ether oxygens (including phenoxy) is 1. The molecule has 1 unspecified atom stereocenters. The van der Waals surface area contributed by atoms with Crippen LogP contribution in [0.5, 0.6) is 11.5 Å². The number of aromatic hydroxyl groups is 1. The molecule has 0 saturated heterocycles. The van der Waals surface area contributed by atoms with Gasteiger partial charge in [0.1, 0.15) is 11.5 Å². The van der Waals surface area contributed by atoms with Gasteiger partial charge in [-0.15, -0.1) is 0 Å². The van der Waals surface area contributed by atoms with Crippen LogP contribution >= 0.6 is 0 Å². The predicted octanol–water partition coefficient (Wildman–Crippen LogP) is 3.92. The van der Waals surface area contributed by atoms with E-state index in [1.165, 1.54) is 18.2 Å². The third-order valence-corrected chi connectivity index (χ3v) is 5.13. The topological polar surface area (TPSA) is 82.0 Å². The van der Waals surface area contributed by atoms with Crippen LogP contribution in [0.2, 0.25) is 0 Å². The fraction of sp³-hybridized carbons (Fsp3) is 0.280. The minimum atomic E-state index is -3.07. The van der Waals surface area contributed by atoms with Gasteiger partial charge in [0, 0.05) is 17.7 Å². The molecule has 0 amide bonds. The number of nitrogens with one attached hydrogen (secondary N) is 1. The molecule has 3 aromatic rings. The summed E-state index contributed by atoms with van der Waals surface area (Å²) in [7, 11) is 0. The first-order chi connectivity index (χ1) is 15.4. The average Bonchev–Trinajstić information content (AvgIpc) is 2.82. The lowest BCUT2D eigenvalue weighted by molar-refractivity contribution is -0.0467. The molecule has 170 valence electrons. The second-order valence-corrected chi connectivity index (χ2v) is 7.52. The SMILES string of the molecule is OCc1cc(C(O)CNCCc2ccc(OCC(F)(F)c3ccccc3)cc2)ccc1O. The summed E-state index contributed by atoms with van der Waals surface area (Å²) in [6, 6.07) is 19.2. The number of alkyl halides is 2. The highest BCUT2D eigenvalue weighted by Crippen LogP contribution is 2.29. The standard InChI is InChI=1S/C25H27F2NO4/c26-25(27,21-4-2-1-3-5-21)17-32-22-9-6-18(7-10-22)12-13-28-15-24(31)19-8-11-23(30)20(14-19)16-29/h1-11,14,24,28-31H,12-13,15-17H2. The second kappa shape index (κ2) is 11.0. The first-order valence-electron chi connectivity index (χ1n) is 10.4. The van der Waals surface area contributed by atoms with E-state index in [2.05, 4.69) is 5.32 Å². The van der Waals surface area contributed by atoms with Crippen LogP contribution in [0.25, 0.3) is 0 Å². The summed E-state index contributed by atoms with van der Waals surface area (Å²) < 4.78 is 33.7. The maximum absolute atomic E-state index is 14.2. The number of hydrogen-bond acceptors (Lipinski definition) is 5. The fourth-order valence-electron chi connectivity index (χ4n) is 3.22. The Morgan fingerprint density at radius 1 is 0.969 bits per heavy atom. The Bertz CT molecular complexity index is 981. The number of rotatable bonds is 11.